The van der Waals surface area contributed by atoms with Crippen LogP contribution in [0.2, 0.25) is 0 Å². The first-order chi connectivity index (χ1) is 13.5. The number of fused-ring (bicyclic) bond motifs is 1. The fraction of sp³-hybridized carbons (Fsp3) is 0.143. The Hall–Kier alpha value is -2.93. The fourth-order valence-corrected chi connectivity index (χ4v) is 3.61. The van der Waals surface area contributed by atoms with Crippen molar-refractivity contribution >= 4 is 32.8 Å². The van der Waals surface area contributed by atoms with Crippen LogP contribution in [0.15, 0.2) is 63.7 Å². The normalized spacial score (nSPS) is 12.3. The molecule has 0 saturated heterocycles. The van der Waals surface area contributed by atoms with Crippen molar-refractivity contribution in [2.24, 2.45) is 7.05 Å². The van der Waals surface area contributed by atoms with E-state index in [1.165, 1.54) is 6.07 Å². The van der Waals surface area contributed by atoms with E-state index in [0.29, 0.717) is 17.0 Å². The number of furan rings is 1. The first-order valence-corrected chi connectivity index (χ1v) is 9.46. The first kappa shape index (κ1) is 18.4. The molecule has 0 aliphatic heterocycles. The van der Waals surface area contributed by atoms with Gasteiger partial charge in [-0.3, -0.25) is 4.79 Å². The van der Waals surface area contributed by atoms with Crippen molar-refractivity contribution in [3.63, 3.8) is 0 Å². The molecule has 5 nitrogen and oxygen atoms in total. The predicted molar refractivity (Wildman–Crippen MR) is 108 cm³/mol. The van der Waals surface area contributed by atoms with E-state index in [4.69, 9.17) is 4.42 Å². The molecule has 2 heterocycles. The van der Waals surface area contributed by atoms with E-state index in [2.05, 4.69) is 26.2 Å². The Balaban J connectivity index is 1.75. The summed E-state index contributed by atoms with van der Waals surface area (Å²) in [6.07, 6.45) is 3.36. The summed E-state index contributed by atoms with van der Waals surface area (Å²) in [5.41, 5.74) is 1.67. The maximum Gasteiger partial charge on any atom is 0.288 e. The number of carbonyl (C=O) groups is 1. The summed E-state index contributed by atoms with van der Waals surface area (Å²) >= 11 is 3.43. The Morgan fingerprint density at radius 3 is 2.79 bits per heavy atom. The third kappa shape index (κ3) is 3.22. The summed E-state index contributed by atoms with van der Waals surface area (Å²) in [5.74, 6) is -0.124. The smallest absolute Gasteiger partial charge is 0.288 e. The molecule has 0 aliphatic rings. The van der Waals surface area contributed by atoms with Gasteiger partial charge in [-0.25, -0.2) is 9.37 Å². The molecule has 1 amide bonds. The van der Waals surface area contributed by atoms with E-state index in [-0.39, 0.29) is 5.76 Å². The summed E-state index contributed by atoms with van der Waals surface area (Å²) in [6, 6.07) is 11.1. The van der Waals surface area contributed by atoms with E-state index in [9.17, 15) is 9.18 Å². The van der Waals surface area contributed by atoms with Gasteiger partial charge in [0.1, 0.15) is 23.3 Å². The number of amides is 1. The van der Waals surface area contributed by atoms with Crippen LogP contribution in [-0.4, -0.2) is 15.5 Å². The van der Waals surface area contributed by atoms with Crippen LogP contribution in [0.25, 0.3) is 11.0 Å². The zero-order valence-electron chi connectivity index (χ0n) is 15.2. The molecule has 1 atom stereocenters. The summed E-state index contributed by atoms with van der Waals surface area (Å²) in [5, 5.41) is 3.73. The predicted octanol–water partition coefficient (Wildman–Crippen LogP) is 4.90. The third-order valence-electron chi connectivity index (χ3n) is 4.71. The molecule has 142 valence electrons. The summed E-state index contributed by atoms with van der Waals surface area (Å²) in [7, 11) is 1.80. The molecule has 0 saturated carbocycles. The summed E-state index contributed by atoms with van der Waals surface area (Å²) in [4.78, 5) is 17.3. The molecule has 0 radical (unpaired) electrons. The lowest BCUT2D eigenvalue weighted by Crippen LogP contribution is -2.31. The van der Waals surface area contributed by atoms with Crippen LogP contribution in [0, 0.1) is 12.7 Å². The number of carbonyl (C=O) groups excluding carboxylic acids is 1. The number of hydrogen-bond donors (Lipinski definition) is 1. The number of rotatable bonds is 4. The second-order valence-electron chi connectivity index (χ2n) is 6.52. The summed E-state index contributed by atoms with van der Waals surface area (Å²) < 4.78 is 22.9. The minimum atomic E-state index is -0.756. The molecule has 0 fully saturated rings. The highest BCUT2D eigenvalue weighted by Gasteiger charge is 2.26. The van der Waals surface area contributed by atoms with Crippen LogP contribution >= 0.6 is 15.9 Å². The minimum Gasteiger partial charge on any atom is -0.451 e. The first-order valence-electron chi connectivity index (χ1n) is 8.67. The van der Waals surface area contributed by atoms with Gasteiger partial charge in [0.25, 0.3) is 5.91 Å². The Bertz CT molecular complexity index is 1180. The molecular formula is C21H17BrFN3O2. The number of nitrogens with zero attached hydrogens (tertiary/aromatic N) is 2. The lowest BCUT2D eigenvalue weighted by atomic mass is 10.0. The zero-order valence-corrected chi connectivity index (χ0v) is 16.8. The number of aryl methyl sites for hydroxylation is 2. The molecule has 0 bridgehead atoms. The Morgan fingerprint density at radius 2 is 2.07 bits per heavy atom. The number of aromatic nitrogens is 2. The molecule has 4 aromatic rings. The number of imidazole rings is 1. The third-order valence-corrected chi connectivity index (χ3v) is 5.21. The Labute approximate surface area is 169 Å². The Morgan fingerprint density at radius 1 is 1.29 bits per heavy atom. The lowest BCUT2D eigenvalue weighted by molar-refractivity contribution is 0.0914. The van der Waals surface area contributed by atoms with Crippen molar-refractivity contribution < 1.29 is 13.6 Å². The SMILES string of the molecule is Cc1c(C(=O)N[C@H](c2ccccc2F)c2nccn2C)oc2ccc(Br)cc12. The van der Waals surface area contributed by atoms with Crippen molar-refractivity contribution in [2.45, 2.75) is 13.0 Å². The van der Waals surface area contributed by atoms with Gasteiger partial charge in [-0.05, 0) is 31.2 Å². The summed E-state index contributed by atoms with van der Waals surface area (Å²) in [6.45, 7) is 1.83. The monoisotopic (exact) mass is 441 g/mol. The standard InChI is InChI=1S/C21H17BrFN3O2/c1-12-15-11-13(22)7-8-17(15)28-19(12)21(27)25-18(20-24-9-10-26(20)2)14-5-3-4-6-16(14)23/h3-11,18H,1-2H3,(H,25,27)/t18-/m1/s1. The lowest BCUT2D eigenvalue weighted by Gasteiger charge is -2.19. The van der Waals surface area contributed by atoms with Gasteiger partial charge in [-0.2, -0.15) is 0 Å². The topological polar surface area (TPSA) is 60.1 Å². The average molecular weight is 442 g/mol. The van der Waals surface area contributed by atoms with Crippen LogP contribution in [0.3, 0.4) is 0 Å². The minimum absolute atomic E-state index is 0.198. The fourth-order valence-electron chi connectivity index (χ4n) is 3.25. The van der Waals surface area contributed by atoms with Gasteiger partial charge in [0.05, 0.1) is 0 Å². The van der Waals surface area contributed by atoms with Crippen LogP contribution in [-0.2, 0) is 7.05 Å². The molecular weight excluding hydrogens is 425 g/mol. The van der Waals surface area contributed by atoms with Crippen LogP contribution in [0.1, 0.15) is 33.5 Å². The molecule has 2 aromatic heterocycles. The number of hydrogen-bond acceptors (Lipinski definition) is 3. The van der Waals surface area contributed by atoms with Crippen LogP contribution in [0.5, 0.6) is 0 Å². The van der Waals surface area contributed by atoms with Crippen molar-refractivity contribution in [3.8, 4) is 0 Å². The van der Waals surface area contributed by atoms with Gasteiger partial charge in [-0.15, -0.1) is 0 Å². The molecule has 28 heavy (non-hydrogen) atoms. The Kier molecular flexibility index (Phi) is 4.77. The maximum atomic E-state index is 14.5. The molecule has 0 aliphatic carbocycles. The largest absolute Gasteiger partial charge is 0.451 e. The van der Waals surface area contributed by atoms with Gasteiger partial charge < -0.3 is 14.3 Å². The van der Waals surface area contributed by atoms with Crippen molar-refractivity contribution in [1.29, 1.82) is 0 Å². The van der Waals surface area contributed by atoms with E-state index in [1.54, 1.807) is 48.3 Å². The quantitative estimate of drug-likeness (QED) is 0.490. The highest BCUT2D eigenvalue weighted by molar-refractivity contribution is 9.10. The molecule has 1 N–H and O–H groups in total. The van der Waals surface area contributed by atoms with E-state index in [1.807, 2.05) is 19.1 Å². The molecule has 7 heteroatoms. The highest BCUT2D eigenvalue weighted by atomic mass is 79.9. The maximum absolute atomic E-state index is 14.5. The van der Waals surface area contributed by atoms with Gasteiger partial charge in [0.15, 0.2) is 5.76 Å². The number of benzene rings is 2. The van der Waals surface area contributed by atoms with Crippen molar-refractivity contribution in [1.82, 2.24) is 14.9 Å². The second kappa shape index (κ2) is 7.24. The van der Waals surface area contributed by atoms with E-state index >= 15 is 0 Å². The number of halogens is 2. The van der Waals surface area contributed by atoms with Crippen LogP contribution < -0.4 is 5.32 Å². The van der Waals surface area contributed by atoms with Gasteiger partial charge in [-0.1, -0.05) is 34.1 Å². The molecule has 2 aromatic carbocycles. The zero-order chi connectivity index (χ0) is 19.8. The van der Waals surface area contributed by atoms with E-state index in [0.717, 1.165) is 15.4 Å². The van der Waals surface area contributed by atoms with Gasteiger partial charge in [0.2, 0.25) is 0 Å². The number of nitrogens with one attached hydrogen (secondary N) is 1. The highest BCUT2D eigenvalue weighted by Crippen LogP contribution is 2.29. The van der Waals surface area contributed by atoms with Gasteiger partial charge >= 0.3 is 0 Å². The molecule has 0 spiro atoms. The van der Waals surface area contributed by atoms with Crippen molar-refractivity contribution in [3.05, 3.63) is 87.9 Å². The van der Waals surface area contributed by atoms with Crippen LogP contribution in [0.4, 0.5) is 4.39 Å². The average Bonchev–Trinajstić information content (AvgIpc) is 3.24. The van der Waals surface area contributed by atoms with E-state index < -0.39 is 17.8 Å². The van der Waals surface area contributed by atoms with Gasteiger partial charge in [0, 0.05) is 40.4 Å². The van der Waals surface area contributed by atoms with Crippen molar-refractivity contribution in [2.75, 3.05) is 0 Å². The molecule has 4 rings (SSSR count). The second-order valence-corrected chi connectivity index (χ2v) is 7.44. The molecule has 0 unspecified atom stereocenters.